The molecule has 0 aliphatic heterocycles. The summed E-state index contributed by atoms with van der Waals surface area (Å²) < 4.78 is 0.997. The van der Waals surface area contributed by atoms with Gasteiger partial charge < -0.3 is 0 Å². The van der Waals surface area contributed by atoms with Crippen LogP contribution >= 0.6 is 39.1 Å². The van der Waals surface area contributed by atoms with Crippen LogP contribution in [0.3, 0.4) is 0 Å². The summed E-state index contributed by atoms with van der Waals surface area (Å²) in [5.41, 5.74) is 0.915. The Morgan fingerprint density at radius 1 is 1.30 bits per heavy atom. The fourth-order valence-corrected chi connectivity index (χ4v) is 1.33. The van der Waals surface area contributed by atoms with Crippen molar-refractivity contribution in [1.29, 1.82) is 0 Å². The van der Waals surface area contributed by atoms with E-state index in [4.69, 9.17) is 23.2 Å². The molecule has 0 fully saturated rings. The molecule has 0 bridgehead atoms. The second-order valence-electron chi connectivity index (χ2n) is 1.86. The molecule has 1 aromatic rings. The van der Waals surface area contributed by atoms with E-state index in [-0.39, 0.29) is 0 Å². The molecule has 0 nitrogen and oxygen atoms in total. The smallest absolute Gasteiger partial charge is 0.100 e. The average molecular weight is 240 g/mol. The first kappa shape index (κ1) is 8.38. The van der Waals surface area contributed by atoms with Crippen LogP contribution in [0.25, 0.3) is 0 Å². The lowest BCUT2D eigenvalue weighted by molar-refractivity contribution is 1.34. The largest absolute Gasteiger partial charge is 0.132 e. The van der Waals surface area contributed by atoms with E-state index in [1.54, 1.807) is 0 Å². The van der Waals surface area contributed by atoms with Crippen molar-refractivity contribution in [3.8, 4) is 0 Å². The molecule has 0 aliphatic rings. The fraction of sp³-hybridized carbons (Fsp3) is 0.143. The molecule has 0 saturated heterocycles. The zero-order valence-electron chi connectivity index (χ0n) is 5.02. The monoisotopic (exact) mass is 238 g/mol. The SMILES string of the molecule is ClC(Cl)c1cccc(Br)c1. The van der Waals surface area contributed by atoms with Crippen molar-refractivity contribution in [3.05, 3.63) is 34.3 Å². The van der Waals surface area contributed by atoms with Gasteiger partial charge in [-0.3, -0.25) is 0 Å². The van der Waals surface area contributed by atoms with E-state index in [2.05, 4.69) is 15.9 Å². The molecule has 0 aliphatic carbocycles. The Kier molecular flexibility index (Phi) is 3.02. The van der Waals surface area contributed by atoms with Gasteiger partial charge in [-0.1, -0.05) is 28.1 Å². The van der Waals surface area contributed by atoms with Crippen LogP contribution < -0.4 is 0 Å². The second kappa shape index (κ2) is 3.61. The Balaban J connectivity index is 2.96. The summed E-state index contributed by atoms with van der Waals surface area (Å²) in [6.45, 7) is 0. The standard InChI is InChI=1S/C7H5BrCl2/c8-6-3-1-2-5(4-6)7(9)10/h1-4,7H. The number of alkyl halides is 2. The van der Waals surface area contributed by atoms with Gasteiger partial charge in [-0.15, -0.1) is 23.2 Å². The summed E-state index contributed by atoms with van der Waals surface area (Å²) in [6.07, 6.45) is 0. The molecular formula is C7H5BrCl2. The van der Waals surface area contributed by atoms with E-state index in [0.29, 0.717) is 0 Å². The summed E-state index contributed by atoms with van der Waals surface area (Å²) in [4.78, 5) is -0.433. The summed E-state index contributed by atoms with van der Waals surface area (Å²) in [5.74, 6) is 0. The third-order valence-corrected chi connectivity index (χ3v) is 2.10. The number of hydrogen-bond donors (Lipinski definition) is 0. The molecule has 0 aromatic heterocycles. The molecule has 0 atom stereocenters. The molecule has 3 heteroatoms. The van der Waals surface area contributed by atoms with Gasteiger partial charge >= 0.3 is 0 Å². The van der Waals surface area contributed by atoms with E-state index in [1.165, 1.54) is 0 Å². The molecule has 1 aromatic carbocycles. The minimum atomic E-state index is -0.433. The van der Waals surface area contributed by atoms with Crippen LogP contribution in [0.4, 0.5) is 0 Å². The van der Waals surface area contributed by atoms with Crippen molar-refractivity contribution in [3.63, 3.8) is 0 Å². The molecule has 10 heavy (non-hydrogen) atoms. The van der Waals surface area contributed by atoms with E-state index in [9.17, 15) is 0 Å². The van der Waals surface area contributed by atoms with Crippen molar-refractivity contribution in [2.24, 2.45) is 0 Å². The highest BCUT2D eigenvalue weighted by atomic mass is 79.9. The van der Waals surface area contributed by atoms with Gasteiger partial charge in [0.05, 0.1) is 0 Å². The number of rotatable bonds is 1. The number of hydrogen-bond acceptors (Lipinski definition) is 0. The highest BCUT2D eigenvalue weighted by Gasteiger charge is 2.01. The van der Waals surface area contributed by atoms with Crippen molar-refractivity contribution < 1.29 is 0 Å². The number of benzene rings is 1. The molecule has 0 spiro atoms. The first-order valence-electron chi connectivity index (χ1n) is 2.74. The van der Waals surface area contributed by atoms with Crippen LogP contribution in [0, 0.1) is 0 Å². The number of halogens is 3. The normalized spacial score (nSPS) is 10.4. The first-order chi connectivity index (χ1) is 4.70. The topological polar surface area (TPSA) is 0 Å². The van der Waals surface area contributed by atoms with Crippen LogP contribution in [0.5, 0.6) is 0 Å². The molecular weight excluding hydrogens is 235 g/mol. The summed E-state index contributed by atoms with van der Waals surface area (Å²) in [5, 5.41) is 0. The van der Waals surface area contributed by atoms with Gasteiger partial charge in [0.2, 0.25) is 0 Å². The van der Waals surface area contributed by atoms with Crippen LogP contribution in [-0.4, -0.2) is 0 Å². The highest BCUT2D eigenvalue weighted by Crippen LogP contribution is 2.26. The van der Waals surface area contributed by atoms with Gasteiger partial charge in [-0.25, -0.2) is 0 Å². The van der Waals surface area contributed by atoms with Crippen molar-refractivity contribution >= 4 is 39.1 Å². The molecule has 0 N–H and O–H groups in total. The lowest BCUT2D eigenvalue weighted by atomic mass is 10.2. The Morgan fingerprint density at radius 3 is 2.40 bits per heavy atom. The van der Waals surface area contributed by atoms with Crippen molar-refractivity contribution in [2.45, 2.75) is 4.84 Å². The van der Waals surface area contributed by atoms with E-state index >= 15 is 0 Å². The van der Waals surface area contributed by atoms with Crippen LogP contribution in [0.15, 0.2) is 28.7 Å². The van der Waals surface area contributed by atoms with Gasteiger partial charge in [-0.05, 0) is 17.7 Å². The quantitative estimate of drug-likeness (QED) is 0.652. The second-order valence-corrected chi connectivity index (χ2v) is 3.87. The third kappa shape index (κ3) is 2.15. The summed E-state index contributed by atoms with van der Waals surface area (Å²) >= 11 is 14.6. The minimum absolute atomic E-state index is 0.433. The molecule has 0 amide bonds. The van der Waals surface area contributed by atoms with Crippen molar-refractivity contribution in [2.75, 3.05) is 0 Å². The Hall–Kier alpha value is 0.280. The maximum absolute atomic E-state index is 5.62. The van der Waals surface area contributed by atoms with E-state index in [0.717, 1.165) is 10.0 Å². The lowest BCUT2D eigenvalue weighted by Crippen LogP contribution is -1.78. The zero-order chi connectivity index (χ0) is 7.56. The van der Waals surface area contributed by atoms with Crippen LogP contribution in [0.1, 0.15) is 10.4 Å². The van der Waals surface area contributed by atoms with Gasteiger partial charge in [0.1, 0.15) is 4.84 Å². The van der Waals surface area contributed by atoms with E-state index in [1.807, 2.05) is 24.3 Å². The summed E-state index contributed by atoms with van der Waals surface area (Å²) in [6, 6.07) is 7.61. The Morgan fingerprint density at radius 2 is 2.00 bits per heavy atom. The highest BCUT2D eigenvalue weighted by molar-refractivity contribution is 9.10. The first-order valence-corrected chi connectivity index (χ1v) is 4.40. The van der Waals surface area contributed by atoms with Gasteiger partial charge in [0, 0.05) is 4.47 Å². The predicted octanol–water partition coefficient (Wildman–Crippen LogP) is 3.93. The minimum Gasteiger partial charge on any atom is -0.100 e. The molecule has 0 radical (unpaired) electrons. The Bertz CT molecular complexity index is 223. The van der Waals surface area contributed by atoms with Crippen LogP contribution in [0.2, 0.25) is 0 Å². The molecule has 0 saturated carbocycles. The zero-order valence-corrected chi connectivity index (χ0v) is 8.12. The summed E-state index contributed by atoms with van der Waals surface area (Å²) in [7, 11) is 0. The third-order valence-electron chi connectivity index (χ3n) is 1.10. The fourth-order valence-electron chi connectivity index (χ4n) is 0.642. The Labute approximate surface area is 78.3 Å². The maximum Gasteiger partial charge on any atom is 0.132 e. The molecule has 0 heterocycles. The van der Waals surface area contributed by atoms with Gasteiger partial charge in [-0.2, -0.15) is 0 Å². The van der Waals surface area contributed by atoms with E-state index < -0.39 is 4.84 Å². The molecule has 0 unspecified atom stereocenters. The van der Waals surface area contributed by atoms with Crippen molar-refractivity contribution in [1.82, 2.24) is 0 Å². The predicted molar refractivity (Wildman–Crippen MR) is 48.6 cm³/mol. The molecule has 1 rings (SSSR count). The van der Waals surface area contributed by atoms with Crippen LogP contribution in [-0.2, 0) is 0 Å². The lowest BCUT2D eigenvalue weighted by Gasteiger charge is -1.99. The van der Waals surface area contributed by atoms with Gasteiger partial charge in [0.15, 0.2) is 0 Å². The average Bonchev–Trinajstić information content (AvgIpc) is 1.88. The molecule has 54 valence electrons. The maximum atomic E-state index is 5.62. The van der Waals surface area contributed by atoms with Gasteiger partial charge in [0.25, 0.3) is 0 Å².